The Morgan fingerprint density at radius 2 is 2.12 bits per heavy atom. The van der Waals surface area contributed by atoms with Crippen LogP contribution in [-0.2, 0) is 6.42 Å². The zero-order valence-electron chi connectivity index (χ0n) is 9.77. The molecule has 1 rings (SSSR count). The largest absolute Gasteiger partial charge is 0.271 e. The average molecular weight is 307 g/mol. The Balaban J connectivity index is 2.81. The molecule has 0 amide bonds. The first-order valence-corrected chi connectivity index (χ1v) is 6.48. The molecule has 1 aromatic rings. The first-order valence-electron chi connectivity index (χ1n) is 5.68. The second kappa shape index (κ2) is 7.03. The number of hydrogen-bond acceptors (Lipinski definition) is 2. The summed E-state index contributed by atoms with van der Waals surface area (Å²) in [6.45, 7) is 2.06. The summed E-state index contributed by atoms with van der Waals surface area (Å²) < 4.78 is 27.5. The van der Waals surface area contributed by atoms with Gasteiger partial charge in [-0.25, -0.2) is 8.78 Å². The molecule has 3 N–H and O–H groups in total. The van der Waals surface area contributed by atoms with Crippen LogP contribution in [0.25, 0.3) is 0 Å². The zero-order chi connectivity index (χ0) is 12.8. The maximum atomic E-state index is 13.7. The Morgan fingerprint density at radius 3 is 2.71 bits per heavy atom. The van der Waals surface area contributed by atoms with Crippen molar-refractivity contribution in [3.63, 3.8) is 0 Å². The van der Waals surface area contributed by atoms with E-state index >= 15 is 0 Å². The van der Waals surface area contributed by atoms with E-state index < -0.39 is 11.6 Å². The molecule has 0 fully saturated rings. The van der Waals surface area contributed by atoms with Gasteiger partial charge in [-0.05, 0) is 40.9 Å². The van der Waals surface area contributed by atoms with Crippen molar-refractivity contribution in [3.8, 4) is 0 Å². The third kappa shape index (κ3) is 4.01. The number of nitrogens with one attached hydrogen (secondary N) is 1. The Labute approximate surface area is 109 Å². The van der Waals surface area contributed by atoms with Gasteiger partial charge in [-0.1, -0.05) is 19.8 Å². The van der Waals surface area contributed by atoms with Crippen molar-refractivity contribution < 1.29 is 8.78 Å². The molecule has 0 saturated heterocycles. The van der Waals surface area contributed by atoms with Gasteiger partial charge in [0.1, 0.15) is 11.6 Å². The third-order valence-corrected chi connectivity index (χ3v) is 3.34. The van der Waals surface area contributed by atoms with Gasteiger partial charge in [-0.3, -0.25) is 11.3 Å². The maximum absolute atomic E-state index is 13.7. The first-order chi connectivity index (χ1) is 8.10. The molecular formula is C12H17BrF2N2. The van der Waals surface area contributed by atoms with Crippen LogP contribution in [0.3, 0.4) is 0 Å². The van der Waals surface area contributed by atoms with Crippen LogP contribution in [0.15, 0.2) is 16.6 Å². The van der Waals surface area contributed by atoms with Gasteiger partial charge >= 0.3 is 0 Å². The quantitative estimate of drug-likeness (QED) is 0.481. The Bertz CT molecular complexity index is 372. The molecule has 2 nitrogen and oxygen atoms in total. The zero-order valence-corrected chi connectivity index (χ0v) is 11.4. The van der Waals surface area contributed by atoms with Gasteiger partial charge in [-0.15, -0.1) is 0 Å². The highest BCUT2D eigenvalue weighted by molar-refractivity contribution is 9.10. The summed E-state index contributed by atoms with van der Waals surface area (Å²) in [6.07, 6.45) is 3.07. The lowest BCUT2D eigenvalue weighted by atomic mass is 10.0. The molecular weight excluding hydrogens is 290 g/mol. The molecule has 1 aromatic carbocycles. The van der Waals surface area contributed by atoms with E-state index in [1.54, 1.807) is 0 Å². The summed E-state index contributed by atoms with van der Waals surface area (Å²) in [4.78, 5) is 0. The van der Waals surface area contributed by atoms with Gasteiger partial charge in [0.15, 0.2) is 0 Å². The van der Waals surface area contributed by atoms with Crippen molar-refractivity contribution >= 4 is 15.9 Å². The van der Waals surface area contributed by atoms with Crippen LogP contribution in [0.5, 0.6) is 0 Å². The van der Waals surface area contributed by atoms with E-state index in [-0.39, 0.29) is 22.5 Å². The molecule has 0 radical (unpaired) electrons. The summed E-state index contributed by atoms with van der Waals surface area (Å²) in [5.41, 5.74) is 2.69. The average Bonchev–Trinajstić information content (AvgIpc) is 2.33. The van der Waals surface area contributed by atoms with E-state index in [0.29, 0.717) is 0 Å². The standard InChI is InChI=1S/C12H17BrF2N2/c1-2-3-4-8(17-16)7-9-11(14)6-5-10(13)12(9)15/h5-6,8,17H,2-4,7,16H2,1H3. The highest BCUT2D eigenvalue weighted by atomic mass is 79.9. The predicted octanol–water partition coefficient (Wildman–Crippen LogP) is 3.29. The number of hydrogen-bond donors (Lipinski definition) is 2. The summed E-state index contributed by atoms with van der Waals surface area (Å²) in [5, 5.41) is 0. The summed E-state index contributed by atoms with van der Waals surface area (Å²) >= 11 is 3.05. The molecule has 0 aliphatic heterocycles. The molecule has 0 aliphatic carbocycles. The molecule has 96 valence electrons. The highest BCUT2D eigenvalue weighted by Crippen LogP contribution is 2.23. The summed E-state index contributed by atoms with van der Waals surface area (Å²) in [7, 11) is 0. The second-order valence-electron chi connectivity index (χ2n) is 4.03. The second-order valence-corrected chi connectivity index (χ2v) is 4.89. The van der Waals surface area contributed by atoms with E-state index in [9.17, 15) is 8.78 Å². The number of unbranched alkanes of at least 4 members (excludes halogenated alkanes) is 1. The number of nitrogens with two attached hydrogens (primary N) is 1. The Hall–Kier alpha value is -0.520. The molecule has 0 spiro atoms. The smallest absolute Gasteiger partial charge is 0.143 e. The van der Waals surface area contributed by atoms with Gasteiger partial charge in [0.05, 0.1) is 4.47 Å². The van der Waals surface area contributed by atoms with Crippen molar-refractivity contribution in [1.82, 2.24) is 5.43 Å². The fourth-order valence-electron chi connectivity index (χ4n) is 1.70. The summed E-state index contributed by atoms with van der Waals surface area (Å²) in [5.74, 6) is 4.33. The first kappa shape index (κ1) is 14.5. The van der Waals surface area contributed by atoms with Crippen molar-refractivity contribution in [2.24, 2.45) is 5.84 Å². The fraction of sp³-hybridized carbons (Fsp3) is 0.500. The lowest BCUT2D eigenvalue weighted by Crippen LogP contribution is -2.37. The van der Waals surface area contributed by atoms with Crippen LogP contribution in [-0.4, -0.2) is 6.04 Å². The van der Waals surface area contributed by atoms with Crippen LogP contribution < -0.4 is 11.3 Å². The molecule has 0 heterocycles. The Morgan fingerprint density at radius 1 is 1.41 bits per heavy atom. The normalized spacial score (nSPS) is 12.8. The molecule has 1 atom stereocenters. The maximum Gasteiger partial charge on any atom is 0.143 e. The molecule has 0 bridgehead atoms. The number of hydrazine groups is 1. The van der Waals surface area contributed by atoms with Crippen molar-refractivity contribution in [2.75, 3.05) is 0 Å². The van der Waals surface area contributed by atoms with Crippen LogP contribution in [0, 0.1) is 11.6 Å². The highest BCUT2D eigenvalue weighted by Gasteiger charge is 2.16. The molecule has 5 heteroatoms. The van der Waals surface area contributed by atoms with Crippen LogP contribution >= 0.6 is 15.9 Å². The number of halogens is 3. The lowest BCUT2D eigenvalue weighted by molar-refractivity contribution is 0.450. The SMILES string of the molecule is CCCCC(Cc1c(F)ccc(Br)c1F)NN. The van der Waals surface area contributed by atoms with Crippen molar-refractivity contribution in [1.29, 1.82) is 0 Å². The number of rotatable bonds is 6. The molecule has 0 aromatic heterocycles. The van der Waals surface area contributed by atoms with Gasteiger partial charge in [0, 0.05) is 11.6 Å². The minimum atomic E-state index is -0.540. The predicted molar refractivity (Wildman–Crippen MR) is 68.4 cm³/mol. The van der Waals surface area contributed by atoms with E-state index in [2.05, 4.69) is 28.3 Å². The molecule has 17 heavy (non-hydrogen) atoms. The van der Waals surface area contributed by atoms with Gasteiger partial charge in [0.25, 0.3) is 0 Å². The molecule has 1 unspecified atom stereocenters. The Kier molecular flexibility index (Phi) is 6.02. The van der Waals surface area contributed by atoms with Crippen molar-refractivity contribution in [3.05, 3.63) is 33.8 Å². The van der Waals surface area contributed by atoms with E-state index in [0.717, 1.165) is 19.3 Å². The molecule has 0 aliphatic rings. The molecule has 0 saturated carbocycles. The van der Waals surface area contributed by atoms with Gasteiger partial charge < -0.3 is 0 Å². The topological polar surface area (TPSA) is 38.0 Å². The van der Waals surface area contributed by atoms with E-state index in [1.165, 1.54) is 12.1 Å². The van der Waals surface area contributed by atoms with Crippen LogP contribution in [0.1, 0.15) is 31.7 Å². The van der Waals surface area contributed by atoms with E-state index in [1.807, 2.05) is 0 Å². The van der Waals surface area contributed by atoms with Gasteiger partial charge in [-0.2, -0.15) is 0 Å². The number of benzene rings is 1. The van der Waals surface area contributed by atoms with Crippen LogP contribution in [0.2, 0.25) is 0 Å². The van der Waals surface area contributed by atoms with Crippen molar-refractivity contribution in [2.45, 2.75) is 38.6 Å². The van der Waals surface area contributed by atoms with Crippen LogP contribution in [0.4, 0.5) is 8.78 Å². The summed E-state index contributed by atoms with van der Waals surface area (Å²) in [6, 6.07) is 2.52. The minimum absolute atomic E-state index is 0.0819. The fourth-order valence-corrected chi connectivity index (χ4v) is 2.07. The third-order valence-electron chi connectivity index (χ3n) is 2.73. The monoisotopic (exact) mass is 306 g/mol. The lowest BCUT2D eigenvalue weighted by Gasteiger charge is -2.16. The minimum Gasteiger partial charge on any atom is -0.271 e. The van der Waals surface area contributed by atoms with Gasteiger partial charge in [0.2, 0.25) is 0 Å². The van der Waals surface area contributed by atoms with E-state index in [4.69, 9.17) is 5.84 Å².